The van der Waals surface area contributed by atoms with Gasteiger partial charge in [-0.05, 0) is 0 Å². The summed E-state index contributed by atoms with van der Waals surface area (Å²) in [6.45, 7) is 0. The van der Waals surface area contributed by atoms with Crippen LogP contribution in [0.2, 0.25) is 0 Å². The molecule has 2 aromatic heterocycles. The molecule has 0 spiro atoms. The molecule has 2 heterocycles. The second-order valence-electron chi connectivity index (χ2n) is 4.35. The van der Waals surface area contributed by atoms with Crippen molar-refractivity contribution < 1.29 is 0 Å². The van der Waals surface area contributed by atoms with Crippen molar-refractivity contribution in [2.24, 2.45) is 0 Å². The average molecular weight is 378 g/mol. The van der Waals surface area contributed by atoms with E-state index in [0.29, 0.717) is 0 Å². The van der Waals surface area contributed by atoms with E-state index in [1.54, 1.807) is 0 Å². The van der Waals surface area contributed by atoms with Gasteiger partial charge in [0.1, 0.15) is 0 Å². The third-order valence-electron chi connectivity index (χ3n) is 3.04. The van der Waals surface area contributed by atoms with Crippen LogP contribution < -0.4 is 0 Å². The maximum absolute atomic E-state index is 4.42. The number of rotatable bonds is 2. The fourth-order valence-corrected chi connectivity index (χ4v) is 4.28. The van der Waals surface area contributed by atoms with Gasteiger partial charge in [-0.3, -0.25) is 0 Å². The van der Waals surface area contributed by atoms with Crippen molar-refractivity contribution in [3.05, 3.63) is 47.5 Å². The van der Waals surface area contributed by atoms with E-state index in [9.17, 15) is 0 Å². The van der Waals surface area contributed by atoms with E-state index in [1.807, 2.05) is 0 Å². The zero-order chi connectivity index (χ0) is 12.7. The van der Waals surface area contributed by atoms with Crippen molar-refractivity contribution in [3.8, 4) is 0 Å². The third kappa shape index (κ3) is 2.17. The van der Waals surface area contributed by atoms with Crippen molar-refractivity contribution >= 4 is 52.0 Å². The topological polar surface area (TPSA) is 51.6 Å². The summed E-state index contributed by atoms with van der Waals surface area (Å²) in [7, 11) is 0. The van der Waals surface area contributed by atoms with E-state index in [1.165, 1.54) is 11.1 Å². The van der Waals surface area contributed by atoms with Gasteiger partial charge in [-0.15, -0.1) is 0 Å². The summed E-state index contributed by atoms with van der Waals surface area (Å²) in [4.78, 5) is 0. The zero-order valence-electron chi connectivity index (χ0n) is 9.78. The first kappa shape index (κ1) is 11.5. The van der Waals surface area contributed by atoms with E-state index >= 15 is 0 Å². The van der Waals surface area contributed by atoms with Crippen LogP contribution in [-0.4, -0.2) is 45.8 Å². The standard InChI is InChI=1S/C13H8N4Se2/c1-3-10-12(16-18-14-10)6-8(1)5-9-2-4-11-13(7-9)17-19-15-11/h1-4,6-7H,5H2. The molecule has 4 nitrogen and oxygen atoms in total. The minimum absolute atomic E-state index is 0.0526. The van der Waals surface area contributed by atoms with Gasteiger partial charge in [0.15, 0.2) is 0 Å². The molecular formula is C13H8N4Se2. The summed E-state index contributed by atoms with van der Waals surface area (Å²) in [5.74, 6) is 0. The Bertz CT molecular complexity index is 793. The number of aromatic nitrogens is 4. The fourth-order valence-electron chi connectivity index (χ4n) is 2.11. The van der Waals surface area contributed by atoms with Crippen molar-refractivity contribution in [1.82, 2.24) is 15.9 Å². The molecule has 0 amide bonds. The Morgan fingerprint density at radius 2 is 1.11 bits per heavy atom. The molecule has 4 aromatic rings. The van der Waals surface area contributed by atoms with E-state index in [-0.39, 0.29) is 29.9 Å². The first-order chi connectivity index (χ1) is 9.38. The molecule has 0 aliphatic rings. The van der Waals surface area contributed by atoms with E-state index in [0.717, 1.165) is 28.5 Å². The van der Waals surface area contributed by atoms with Crippen LogP contribution in [0.4, 0.5) is 0 Å². The van der Waals surface area contributed by atoms with Crippen LogP contribution in [0.3, 0.4) is 0 Å². The third-order valence-corrected chi connectivity index (χ3v) is 5.38. The van der Waals surface area contributed by atoms with Gasteiger partial charge in [0, 0.05) is 0 Å². The summed E-state index contributed by atoms with van der Waals surface area (Å²) >= 11 is 0.105. The van der Waals surface area contributed by atoms with E-state index in [2.05, 4.69) is 52.3 Å². The molecule has 6 heteroatoms. The van der Waals surface area contributed by atoms with Gasteiger partial charge in [-0.25, -0.2) is 0 Å². The number of fused-ring (bicyclic) bond motifs is 2. The van der Waals surface area contributed by atoms with Crippen LogP contribution in [0.15, 0.2) is 36.4 Å². The molecule has 0 saturated carbocycles. The van der Waals surface area contributed by atoms with Crippen LogP contribution in [0, 0.1) is 0 Å². The molecule has 0 unspecified atom stereocenters. The molecule has 0 aliphatic heterocycles. The van der Waals surface area contributed by atoms with Gasteiger partial charge in [0.05, 0.1) is 0 Å². The fraction of sp³-hybridized carbons (Fsp3) is 0.0769. The molecule has 19 heavy (non-hydrogen) atoms. The molecule has 0 fully saturated rings. The molecule has 0 saturated heterocycles. The summed E-state index contributed by atoms with van der Waals surface area (Å²) in [5.41, 5.74) is 6.71. The van der Waals surface area contributed by atoms with Gasteiger partial charge >= 0.3 is 122 Å². The zero-order valence-corrected chi connectivity index (χ0v) is 13.2. The summed E-state index contributed by atoms with van der Waals surface area (Å²) in [6, 6.07) is 12.7. The Kier molecular flexibility index (Phi) is 2.82. The van der Waals surface area contributed by atoms with Gasteiger partial charge < -0.3 is 0 Å². The molecule has 92 valence electrons. The predicted molar refractivity (Wildman–Crippen MR) is 75.8 cm³/mol. The van der Waals surface area contributed by atoms with Crippen LogP contribution in [-0.2, 0) is 6.42 Å². The summed E-state index contributed by atoms with van der Waals surface area (Å²) in [6.07, 6.45) is 0.908. The number of nitrogens with zero attached hydrogens (tertiary/aromatic N) is 4. The van der Waals surface area contributed by atoms with Crippen molar-refractivity contribution in [2.75, 3.05) is 0 Å². The van der Waals surface area contributed by atoms with E-state index in [4.69, 9.17) is 0 Å². The molecular weight excluding hydrogens is 370 g/mol. The normalized spacial score (nSPS) is 11.4. The number of benzene rings is 2. The van der Waals surface area contributed by atoms with Crippen molar-refractivity contribution in [1.29, 1.82) is 0 Å². The first-order valence-corrected chi connectivity index (χ1v) is 8.87. The van der Waals surface area contributed by atoms with Crippen LogP contribution in [0.1, 0.15) is 11.1 Å². The number of hydrogen-bond donors (Lipinski definition) is 0. The monoisotopic (exact) mass is 380 g/mol. The molecule has 2 aromatic carbocycles. The van der Waals surface area contributed by atoms with E-state index < -0.39 is 0 Å². The van der Waals surface area contributed by atoms with Crippen LogP contribution >= 0.6 is 0 Å². The quantitative estimate of drug-likeness (QED) is 0.494. The Hall–Kier alpha value is -1.32. The van der Waals surface area contributed by atoms with Gasteiger partial charge in [-0.2, -0.15) is 0 Å². The molecule has 0 N–H and O–H groups in total. The second-order valence-corrected chi connectivity index (χ2v) is 6.57. The first-order valence-electron chi connectivity index (χ1n) is 5.81. The summed E-state index contributed by atoms with van der Waals surface area (Å²) < 4.78 is 17.6. The summed E-state index contributed by atoms with van der Waals surface area (Å²) in [5, 5.41) is 0. The van der Waals surface area contributed by atoms with Crippen LogP contribution in [0.5, 0.6) is 0 Å². The van der Waals surface area contributed by atoms with Crippen LogP contribution in [0.25, 0.3) is 22.1 Å². The molecule has 0 atom stereocenters. The van der Waals surface area contributed by atoms with Gasteiger partial charge in [-0.1, -0.05) is 0 Å². The van der Waals surface area contributed by atoms with Gasteiger partial charge in [0.25, 0.3) is 0 Å². The predicted octanol–water partition coefficient (Wildman–Crippen LogP) is 1.28. The molecule has 0 radical (unpaired) electrons. The Morgan fingerprint density at radius 1 is 0.632 bits per heavy atom. The van der Waals surface area contributed by atoms with Gasteiger partial charge in [0.2, 0.25) is 0 Å². The average Bonchev–Trinajstić information content (AvgIpc) is 3.05. The molecule has 0 aliphatic carbocycles. The number of hydrogen-bond acceptors (Lipinski definition) is 4. The second kappa shape index (κ2) is 4.65. The van der Waals surface area contributed by atoms with Crippen molar-refractivity contribution in [2.45, 2.75) is 6.42 Å². The Morgan fingerprint density at radius 3 is 1.63 bits per heavy atom. The SMILES string of the molecule is c1cc2n[se]nc2cc1Cc1ccc2n[se]nc2c1. The Balaban J connectivity index is 1.72. The Labute approximate surface area is 121 Å². The molecule has 0 bridgehead atoms. The molecule has 4 rings (SSSR count). The van der Waals surface area contributed by atoms with Crippen molar-refractivity contribution in [3.63, 3.8) is 0 Å². The maximum atomic E-state index is 4.42. The minimum atomic E-state index is 0.0526.